The molecule has 5 heteroatoms. The highest BCUT2D eigenvalue weighted by atomic mass is 16.3. The van der Waals surface area contributed by atoms with E-state index in [9.17, 15) is 9.90 Å². The van der Waals surface area contributed by atoms with Crippen LogP contribution in [0, 0.1) is 5.92 Å². The van der Waals surface area contributed by atoms with Gasteiger partial charge in [-0.15, -0.1) is 0 Å². The van der Waals surface area contributed by atoms with Crippen LogP contribution in [0.5, 0.6) is 0 Å². The number of carbonyl (C=O) groups excluding carboxylic acids is 1. The number of aliphatic hydroxyl groups is 1. The van der Waals surface area contributed by atoms with E-state index in [1.54, 1.807) is 6.92 Å². The summed E-state index contributed by atoms with van der Waals surface area (Å²) in [6.07, 6.45) is 0. The Labute approximate surface area is 127 Å². The standard InChI is InChI=1S/C16H27N3O2/c1-12(2)16(3,21)11-18-15(20)17-10-13-7-6-8-14(9-13)19(4)5/h6-9,12,21H,10-11H2,1-5H3,(H2,17,18,20). The lowest BCUT2D eigenvalue weighted by Crippen LogP contribution is -2.47. The first kappa shape index (κ1) is 17.3. The smallest absolute Gasteiger partial charge is 0.315 e. The zero-order chi connectivity index (χ0) is 16.0. The first-order valence-corrected chi connectivity index (χ1v) is 7.22. The molecule has 5 nitrogen and oxygen atoms in total. The van der Waals surface area contributed by atoms with Gasteiger partial charge in [0.05, 0.1) is 5.60 Å². The van der Waals surface area contributed by atoms with Gasteiger partial charge in [0.1, 0.15) is 0 Å². The van der Waals surface area contributed by atoms with Crippen molar-refractivity contribution in [1.29, 1.82) is 0 Å². The largest absolute Gasteiger partial charge is 0.388 e. The molecule has 0 aliphatic rings. The summed E-state index contributed by atoms with van der Waals surface area (Å²) in [7, 11) is 3.96. The molecule has 118 valence electrons. The van der Waals surface area contributed by atoms with Gasteiger partial charge in [0.2, 0.25) is 0 Å². The molecule has 0 aromatic heterocycles. The Hall–Kier alpha value is -1.75. The summed E-state index contributed by atoms with van der Waals surface area (Å²) in [5.41, 5.74) is 1.23. The van der Waals surface area contributed by atoms with Gasteiger partial charge in [-0.1, -0.05) is 26.0 Å². The van der Waals surface area contributed by atoms with Crippen molar-refractivity contribution in [2.45, 2.75) is 32.9 Å². The number of hydrogen-bond donors (Lipinski definition) is 3. The molecule has 3 N–H and O–H groups in total. The Balaban J connectivity index is 2.45. The van der Waals surface area contributed by atoms with Crippen LogP contribution in [0.25, 0.3) is 0 Å². The fourth-order valence-electron chi connectivity index (χ4n) is 1.65. The molecule has 2 amide bonds. The molecule has 0 heterocycles. The van der Waals surface area contributed by atoms with Gasteiger partial charge in [0, 0.05) is 32.9 Å². The highest BCUT2D eigenvalue weighted by molar-refractivity contribution is 5.73. The van der Waals surface area contributed by atoms with Crippen LogP contribution in [-0.2, 0) is 6.54 Å². The van der Waals surface area contributed by atoms with Crippen LogP contribution < -0.4 is 15.5 Å². The number of nitrogens with one attached hydrogen (secondary N) is 2. The number of nitrogens with zero attached hydrogens (tertiary/aromatic N) is 1. The lowest BCUT2D eigenvalue weighted by molar-refractivity contribution is 0.0166. The highest BCUT2D eigenvalue weighted by Crippen LogP contribution is 2.14. The predicted molar refractivity (Wildman–Crippen MR) is 86.5 cm³/mol. The third kappa shape index (κ3) is 5.63. The van der Waals surface area contributed by atoms with Crippen molar-refractivity contribution in [2.24, 2.45) is 5.92 Å². The molecule has 0 fully saturated rings. The molecule has 1 unspecified atom stereocenters. The second kappa shape index (κ2) is 7.31. The van der Waals surface area contributed by atoms with Crippen molar-refractivity contribution in [2.75, 3.05) is 25.5 Å². The lowest BCUT2D eigenvalue weighted by Gasteiger charge is -2.27. The van der Waals surface area contributed by atoms with Crippen molar-refractivity contribution in [3.63, 3.8) is 0 Å². The average molecular weight is 293 g/mol. The molecule has 0 saturated carbocycles. The van der Waals surface area contributed by atoms with Gasteiger partial charge in [-0.2, -0.15) is 0 Å². The van der Waals surface area contributed by atoms with Crippen LogP contribution in [0.4, 0.5) is 10.5 Å². The second-order valence-corrected chi connectivity index (χ2v) is 6.11. The number of hydrogen-bond acceptors (Lipinski definition) is 3. The molecular formula is C16H27N3O2. The Kier molecular flexibility index (Phi) is 6.03. The molecule has 0 spiro atoms. The Morgan fingerprint density at radius 2 is 2.00 bits per heavy atom. The van der Waals surface area contributed by atoms with Crippen LogP contribution >= 0.6 is 0 Å². The normalized spacial score (nSPS) is 13.7. The van der Waals surface area contributed by atoms with Gasteiger partial charge in [0.25, 0.3) is 0 Å². The third-order valence-electron chi connectivity index (χ3n) is 3.73. The molecule has 1 rings (SSSR count). The first-order valence-electron chi connectivity index (χ1n) is 7.22. The summed E-state index contributed by atoms with van der Waals surface area (Å²) in [4.78, 5) is 13.8. The van der Waals surface area contributed by atoms with Gasteiger partial charge in [-0.05, 0) is 30.5 Å². The number of amides is 2. The van der Waals surface area contributed by atoms with E-state index in [1.165, 1.54) is 0 Å². The highest BCUT2D eigenvalue weighted by Gasteiger charge is 2.25. The summed E-state index contributed by atoms with van der Waals surface area (Å²) >= 11 is 0. The minimum Gasteiger partial charge on any atom is -0.388 e. The maximum Gasteiger partial charge on any atom is 0.315 e. The van der Waals surface area contributed by atoms with Crippen LogP contribution in [0.2, 0.25) is 0 Å². The fourth-order valence-corrected chi connectivity index (χ4v) is 1.65. The van der Waals surface area contributed by atoms with E-state index in [0.29, 0.717) is 6.54 Å². The SMILES string of the molecule is CC(C)C(C)(O)CNC(=O)NCc1cccc(N(C)C)c1. The maximum atomic E-state index is 11.8. The summed E-state index contributed by atoms with van der Waals surface area (Å²) < 4.78 is 0. The van der Waals surface area contributed by atoms with Crippen molar-refractivity contribution >= 4 is 11.7 Å². The molecule has 1 aromatic rings. The Morgan fingerprint density at radius 3 is 2.57 bits per heavy atom. The minimum absolute atomic E-state index is 0.0783. The predicted octanol–water partition coefficient (Wildman–Crippen LogP) is 1.96. The molecule has 1 aromatic carbocycles. The molecule has 0 aliphatic carbocycles. The summed E-state index contributed by atoms with van der Waals surface area (Å²) in [5.74, 6) is 0.0783. The maximum absolute atomic E-state index is 11.8. The second-order valence-electron chi connectivity index (χ2n) is 6.11. The van der Waals surface area contributed by atoms with Crippen LogP contribution in [0.15, 0.2) is 24.3 Å². The topological polar surface area (TPSA) is 64.6 Å². The zero-order valence-corrected chi connectivity index (χ0v) is 13.6. The van der Waals surface area contributed by atoms with Gasteiger partial charge < -0.3 is 20.6 Å². The van der Waals surface area contributed by atoms with E-state index in [4.69, 9.17) is 0 Å². The van der Waals surface area contributed by atoms with Crippen molar-refractivity contribution in [3.8, 4) is 0 Å². The first-order chi connectivity index (χ1) is 9.72. The Morgan fingerprint density at radius 1 is 1.33 bits per heavy atom. The molecule has 21 heavy (non-hydrogen) atoms. The van der Waals surface area contributed by atoms with Crippen LogP contribution in [0.3, 0.4) is 0 Å². The zero-order valence-electron chi connectivity index (χ0n) is 13.6. The summed E-state index contributed by atoms with van der Waals surface area (Å²) in [5, 5.41) is 15.6. The van der Waals surface area contributed by atoms with E-state index in [-0.39, 0.29) is 18.5 Å². The van der Waals surface area contributed by atoms with E-state index in [2.05, 4.69) is 10.6 Å². The molecule has 1 atom stereocenters. The molecule has 0 saturated heterocycles. The average Bonchev–Trinajstić information content (AvgIpc) is 2.43. The van der Waals surface area contributed by atoms with Crippen molar-refractivity contribution in [1.82, 2.24) is 10.6 Å². The van der Waals surface area contributed by atoms with Gasteiger partial charge in [-0.25, -0.2) is 4.79 Å². The summed E-state index contributed by atoms with van der Waals surface area (Å²) in [6.45, 7) is 6.25. The number of anilines is 1. The molecule has 0 bridgehead atoms. The van der Waals surface area contributed by atoms with E-state index < -0.39 is 5.60 Å². The Bertz CT molecular complexity index is 470. The van der Waals surface area contributed by atoms with Crippen LogP contribution in [-0.4, -0.2) is 37.4 Å². The quantitative estimate of drug-likeness (QED) is 0.751. The minimum atomic E-state index is -0.901. The van der Waals surface area contributed by atoms with E-state index in [0.717, 1.165) is 11.3 Å². The lowest BCUT2D eigenvalue weighted by atomic mass is 9.93. The molecular weight excluding hydrogens is 266 g/mol. The number of rotatable bonds is 6. The number of carbonyl (C=O) groups is 1. The van der Waals surface area contributed by atoms with Crippen molar-refractivity contribution in [3.05, 3.63) is 29.8 Å². The fraction of sp³-hybridized carbons (Fsp3) is 0.562. The third-order valence-corrected chi connectivity index (χ3v) is 3.73. The van der Waals surface area contributed by atoms with Gasteiger partial charge in [0.15, 0.2) is 0 Å². The summed E-state index contributed by atoms with van der Waals surface area (Å²) in [6, 6.07) is 7.71. The van der Waals surface area contributed by atoms with E-state index in [1.807, 2.05) is 57.1 Å². The molecule has 0 radical (unpaired) electrons. The van der Waals surface area contributed by atoms with Gasteiger partial charge >= 0.3 is 6.03 Å². The number of benzene rings is 1. The molecule has 0 aliphatic heterocycles. The van der Waals surface area contributed by atoms with Crippen molar-refractivity contribution < 1.29 is 9.90 Å². The van der Waals surface area contributed by atoms with E-state index >= 15 is 0 Å². The van der Waals surface area contributed by atoms with Gasteiger partial charge in [-0.3, -0.25) is 0 Å². The van der Waals surface area contributed by atoms with Crippen LogP contribution in [0.1, 0.15) is 26.3 Å². The number of urea groups is 1. The monoisotopic (exact) mass is 293 g/mol.